The Balaban J connectivity index is 2.18. The number of benzene rings is 1. The highest BCUT2D eigenvalue weighted by Gasteiger charge is 2.16. The van der Waals surface area contributed by atoms with E-state index >= 15 is 0 Å². The van der Waals surface area contributed by atoms with Gasteiger partial charge in [-0.15, -0.1) is 0 Å². The molecule has 0 radical (unpaired) electrons. The zero-order valence-electron chi connectivity index (χ0n) is 11.3. The minimum absolute atomic E-state index is 0.00860. The van der Waals surface area contributed by atoms with Crippen LogP contribution in [0.15, 0.2) is 53.7 Å². The molecule has 0 atom stereocenters. The van der Waals surface area contributed by atoms with Gasteiger partial charge in [-0.05, 0) is 29.8 Å². The molecule has 0 unspecified atom stereocenters. The van der Waals surface area contributed by atoms with Gasteiger partial charge < -0.3 is 4.74 Å². The van der Waals surface area contributed by atoms with Gasteiger partial charge in [0, 0.05) is 18.9 Å². The molecule has 1 heterocycles. The molecule has 0 saturated carbocycles. The number of esters is 1. The summed E-state index contributed by atoms with van der Waals surface area (Å²) in [5.41, 5.74) is 0.923. The minimum Gasteiger partial charge on any atom is -0.465 e. The quantitative estimate of drug-likeness (QED) is 0.843. The van der Waals surface area contributed by atoms with E-state index in [1.807, 2.05) is 0 Å². The molecule has 1 aromatic carbocycles. The molecule has 2 rings (SSSR count). The van der Waals surface area contributed by atoms with Crippen LogP contribution in [0, 0.1) is 0 Å². The minimum atomic E-state index is -3.71. The molecule has 0 aliphatic heterocycles. The second kappa shape index (κ2) is 6.47. The number of rotatable bonds is 5. The summed E-state index contributed by atoms with van der Waals surface area (Å²) in [6, 6.07) is 9.16. The zero-order chi connectivity index (χ0) is 15.3. The van der Waals surface area contributed by atoms with Crippen LogP contribution in [0.3, 0.4) is 0 Å². The van der Waals surface area contributed by atoms with Gasteiger partial charge in [-0.1, -0.05) is 12.1 Å². The van der Waals surface area contributed by atoms with Crippen molar-refractivity contribution in [3.63, 3.8) is 0 Å². The van der Waals surface area contributed by atoms with Crippen LogP contribution in [0.25, 0.3) is 0 Å². The summed E-state index contributed by atoms with van der Waals surface area (Å²) in [5.74, 6) is -0.584. The predicted molar refractivity (Wildman–Crippen MR) is 76.0 cm³/mol. The summed E-state index contributed by atoms with van der Waals surface area (Å²) in [4.78, 5) is 15.3. The van der Waals surface area contributed by atoms with Crippen molar-refractivity contribution < 1.29 is 17.9 Å². The van der Waals surface area contributed by atoms with Crippen LogP contribution in [-0.4, -0.2) is 26.5 Å². The Hall–Kier alpha value is -2.25. The fourth-order valence-electron chi connectivity index (χ4n) is 1.67. The van der Waals surface area contributed by atoms with Gasteiger partial charge in [0.2, 0.25) is 10.0 Å². The van der Waals surface area contributed by atoms with E-state index in [-0.39, 0.29) is 17.0 Å². The Kier molecular flexibility index (Phi) is 4.66. The fraction of sp³-hybridized carbons (Fsp3) is 0.143. The SMILES string of the molecule is COC(=O)c1cccc(S(=O)(=O)NCc2cccnc2)c1. The largest absolute Gasteiger partial charge is 0.465 e. The molecule has 0 aliphatic carbocycles. The average molecular weight is 306 g/mol. The number of pyridine rings is 1. The Bertz CT molecular complexity index is 730. The van der Waals surface area contributed by atoms with Crippen molar-refractivity contribution in [3.8, 4) is 0 Å². The van der Waals surface area contributed by atoms with Crippen LogP contribution in [0.2, 0.25) is 0 Å². The monoisotopic (exact) mass is 306 g/mol. The van der Waals surface area contributed by atoms with Gasteiger partial charge >= 0.3 is 5.97 Å². The Morgan fingerprint density at radius 2 is 2.10 bits per heavy atom. The highest BCUT2D eigenvalue weighted by atomic mass is 32.2. The summed E-state index contributed by atoms with van der Waals surface area (Å²) in [7, 11) is -2.47. The first-order valence-electron chi connectivity index (χ1n) is 6.10. The number of methoxy groups -OCH3 is 1. The van der Waals surface area contributed by atoms with Crippen LogP contribution in [0.5, 0.6) is 0 Å². The lowest BCUT2D eigenvalue weighted by Crippen LogP contribution is -2.23. The number of carbonyl (C=O) groups is 1. The maximum Gasteiger partial charge on any atom is 0.337 e. The van der Waals surface area contributed by atoms with Gasteiger partial charge in [0.05, 0.1) is 17.6 Å². The molecule has 0 saturated heterocycles. The van der Waals surface area contributed by atoms with Gasteiger partial charge in [0.15, 0.2) is 0 Å². The van der Waals surface area contributed by atoms with Crippen molar-refractivity contribution in [2.45, 2.75) is 11.4 Å². The van der Waals surface area contributed by atoms with E-state index in [4.69, 9.17) is 0 Å². The van der Waals surface area contributed by atoms with Crippen molar-refractivity contribution >= 4 is 16.0 Å². The topological polar surface area (TPSA) is 85.4 Å². The summed E-state index contributed by atoms with van der Waals surface area (Å²) in [6.45, 7) is 0.124. The summed E-state index contributed by atoms with van der Waals surface area (Å²) in [5, 5.41) is 0. The predicted octanol–water partition coefficient (Wildman–Crippen LogP) is 1.35. The smallest absolute Gasteiger partial charge is 0.337 e. The third-order valence-corrected chi connectivity index (χ3v) is 4.15. The number of carbonyl (C=O) groups excluding carboxylic acids is 1. The molecule has 110 valence electrons. The Morgan fingerprint density at radius 1 is 1.29 bits per heavy atom. The first-order valence-corrected chi connectivity index (χ1v) is 7.58. The van der Waals surface area contributed by atoms with E-state index in [1.165, 1.54) is 31.4 Å². The maximum atomic E-state index is 12.2. The molecular weight excluding hydrogens is 292 g/mol. The molecule has 6 nitrogen and oxygen atoms in total. The van der Waals surface area contributed by atoms with Crippen LogP contribution in [-0.2, 0) is 21.3 Å². The molecular formula is C14H14N2O4S. The standard InChI is InChI=1S/C14H14N2O4S/c1-20-14(17)12-5-2-6-13(8-12)21(18,19)16-10-11-4-3-7-15-9-11/h2-9,16H,10H2,1H3. The van der Waals surface area contributed by atoms with Crippen LogP contribution < -0.4 is 4.72 Å². The Labute approximate surface area is 122 Å². The summed E-state index contributed by atoms with van der Waals surface area (Å²) >= 11 is 0. The molecule has 2 aromatic rings. The van der Waals surface area contributed by atoms with Gasteiger partial charge in [-0.25, -0.2) is 17.9 Å². The molecule has 0 bridgehead atoms. The number of nitrogens with zero attached hydrogens (tertiary/aromatic N) is 1. The van der Waals surface area contributed by atoms with E-state index in [1.54, 1.807) is 24.5 Å². The Morgan fingerprint density at radius 3 is 2.76 bits per heavy atom. The van der Waals surface area contributed by atoms with Crippen molar-refractivity contribution in [1.29, 1.82) is 0 Å². The van der Waals surface area contributed by atoms with Crippen molar-refractivity contribution in [1.82, 2.24) is 9.71 Å². The molecule has 1 N–H and O–H groups in total. The lowest BCUT2D eigenvalue weighted by Gasteiger charge is -2.07. The molecule has 1 aromatic heterocycles. The van der Waals surface area contributed by atoms with E-state index in [9.17, 15) is 13.2 Å². The fourth-order valence-corrected chi connectivity index (χ4v) is 2.74. The second-order valence-electron chi connectivity index (χ2n) is 4.21. The van der Waals surface area contributed by atoms with Gasteiger partial charge in [-0.2, -0.15) is 0 Å². The third kappa shape index (κ3) is 3.87. The normalized spacial score (nSPS) is 11.1. The van der Waals surface area contributed by atoms with Crippen molar-refractivity contribution in [2.24, 2.45) is 0 Å². The van der Waals surface area contributed by atoms with E-state index in [0.717, 1.165) is 5.56 Å². The summed E-state index contributed by atoms with van der Waals surface area (Å²) in [6.07, 6.45) is 3.19. The summed E-state index contributed by atoms with van der Waals surface area (Å²) < 4.78 is 31.4. The maximum absolute atomic E-state index is 12.2. The lowest BCUT2D eigenvalue weighted by molar-refractivity contribution is 0.0600. The first kappa shape index (κ1) is 15.1. The van der Waals surface area contributed by atoms with E-state index < -0.39 is 16.0 Å². The molecule has 0 spiro atoms. The van der Waals surface area contributed by atoms with Crippen LogP contribution >= 0.6 is 0 Å². The van der Waals surface area contributed by atoms with Gasteiger partial charge in [0.25, 0.3) is 0 Å². The third-order valence-electron chi connectivity index (χ3n) is 2.75. The number of hydrogen-bond acceptors (Lipinski definition) is 5. The lowest BCUT2D eigenvalue weighted by atomic mass is 10.2. The van der Waals surface area contributed by atoms with Crippen molar-refractivity contribution in [3.05, 3.63) is 59.9 Å². The van der Waals surface area contributed by atoms with Crippen LogP contribution in [0.4, 0.5) is 0 Å². The number of sulfonamides is 1. The number of hydrogen-bond donors (Lipinski definition) is 1. The van der Waals surface area contributed by atoms with Gasteiger partial charge in [-0.3, -0.25) is 4.98 Å². The highest BCUT2D eigenvalue weighted by Crippen LogP contribution is 2.13. The average Bonchev–Trinajstić information content (AvgIpc) is 2.53. The molecule has 21 heavy (non-hydrogen) atoms. The molecule has 0 aliphatic rings. The zero-order valence-corrected chi connectivity index (χ0v) is 12.1. The van der Waals surface area contributed by atoms with Crippen molar-refractivity contribution in [2.75, 3.05) is 7.11 Å². The first-order chi connectivity index (χ1) is 10.0. The number of ether oxygens (including phenoxy) is 1. The highest BCUT2D eigenvalue weighted by molar-refractivity contribution is 7.89. The molecule has 0 fully saturated rings. The number of aromatic nitrogens is 1. The van der Waals surface area contributed by atoms with E-state index in [0.29, 0.717) is 0 Å². The molecule has 0 amide bonds. The second-order valence-corrected chi connectivity index (χ2v) is 5.97. The molecule has 7 heteroatoms. The number of nitrogens with one attached hydrogen (secondary N) is 1. The van der Waals surface area contributed by atoms with Gasteiger partial charge in [0.1, 0.15) is 0 Å². The van der Waals surface area contributed by atoms with E-state index in [2.05, 4.69) is 14.4 Å². The van der Waals surface area contributed by atoms with Crippen LogP contribution in [0.1, 0.15) is 15.9 Å².